The van der Waals surface area contributed by atoms with Crippen molar-refractivity contribution in [2.75, 3.05) is 19.6 Å². The first-order valence-electron chi connectivity index (χ1n) is 9.75. The Kier molecular flexibility index (Phi) is 5.96. The molecule has 0 aliphatic carbocycles. The van der Waals surface area contributed by atoms with Gasteiger partial charge in [0.2, 0.25) is 5.91 Å². The molecule has 0 bridgehead atoms. The van der Waals surface area contributed by atoms with E-state index in [1.54, 1.807) is 0 Å². The topological polar surface area (TPSA) is 65.2 Å². The number of nitrogens with zero attached hydrogens (tertiary/aromatic N) is 1. The predicted molar refractivity (Wildman–Crippen MR) is 104 cm³/mol. The van der Waals surface area contributed by atoms with Crippen LogP contribution in [0.5, 0.6) is 0 Å². The van der Waals surface area contributed by atoms with Crippen LogP contribution in [0.2, 0.25) is 0 Å². The highest BCUT2D eigenvalue weighted by molar-refractivity contribution is 5.98. The van der Waals surface area contributed by atoms with Gasteiger partial charge in [0.25, 0.3) is 5.91 Å². The quantitative estimate of drug-likeness (QED) is 0.778. The van der Waals surface area contributed by atoms with Gasteiger partial charge < -0.3 is 15.2 Å². The van der Waals surface area contributed by atoms with Crippen LogP contribution >= 0.6 is 0 Å². The van der Waals surface area contributed by atoms with Crippen molar-refractivity contribution in [1.82, 2.24) is 15.2 Å². The minimum Gasteiger partial charge on any atom is -0.356 e. The van der Waals surface area contributed by atoms with Crippen LogP contribution in [0.4, 0.5) is 0 Å². The van der Waals surface area contributed by atoms with Crippen LogP contribution in [0.1, 0.15) is 50.0 Å². The van der Waals surface area contributed by atoms with E-state index in [1.165, 1.54) is 0 Å². The van der Waals surface area contributed by atoms with Gasteiger partial charge in [-0.3, -0.25) is 9.59 Å². The Morgan fingerprint density at radius 3 is 2.69 bits per heavy atom. The number of likely N-dealkylation sites (tertiary alicyclic amines) is 1. The predicted octanol–water partition coefficient (Wildman–Crippen LogP) is 3.57. The van der Waals surface area contributed by atoms with E-state index in [1.807, 2.05) is 42.2 Å². The summed E-state index contributed by atoms with van der Waals surface area (Å²) in [6.07, 6.45) is 3.88. The first kappa shape index (κ1) is 18.5. The Morgan fingerprint density at radius 2 is 2.00 bits per heavy atom. The zero-order chi connectivity index (χ0) is 18.5. The van der Waals surface area contributed by atoms with Crippen LogP contribution in [-0.2, 0) is 4.79 Å². The van der Waals surface area contributed by atoms with Crippen molar-refractivity contribution in [2.45, 2.75) is 39.5 Å². The SMILES string of the molecule is CCCCNC(=O)[C@H](C)C1CCN(C(=O)c2cc3ccccc3[nH]2)CC1. The first-order valence-corrected chi connectivity index (χ1v) is 9.75. The average molecular weight is 355 g/mol. The van der Waals surface area contributed by atoms with Crippen molar-refractivity contribution < 1.29 is 9.59 Å². The van der Waals surface area contributed by atoms with E-state index in [-0.39, 0.29) is 17.7 Å². The third-order valence-electron chi connectivity index (χ3n) is 5.54. The standard InChI is InChI=1S/C21H29N3O2/c1-3-4-11-22-20(25)15(2)16-9-12-24(13-10-16)21(26)19-14-17-7-5-6-8-18(17)23-19/h5-8,14-16,23H,3-4,9-13H2,1-2H3,(H,22,25)/t15-/m1/s1. The molecule has 5 heteroatoms. The maximum Gasteiger partial charge on any atom is 0.270 e. The summed E-state index contributed by atoms with van der Waals surface area (Å²) in [6, 6.07) is 9.85. The second-order valence-electron chi connectivity index (χ2n) is 7.33. The summed E-state index contributed by atoms with van der Waals surface area (Å²) in [5.74, 6) is 0.569. The van der Waals surface area contributed by atoms with Gasteiger partial charge in [-0.05, 0) is 37.3 Å². The maximum atomic E-state index is 12.8. The highest BCUT2D eigenvalue weighted by atomic mass is 16.2. The number of amides is 2. The molecular weight excluding hydrogens is 326 g/mol. The van der Waals surface area contributed by atoms with Crippen LogP contribution in [0.15, 0.2) is 30.3 Å². The molecule has 1 aromatic carbocycles. The Morgan fingerprint density at radius 1 is 1.27 bits per heavy atom. The molecule has 5 nitrogen and oxygen atoms in total. The van der Waals surface area contributed by atoms with E-state index < -0.39 is 0 Å². The van der Waals surface area contributed by atoms with Crippen molar-refractivity contribution in [3.8, 4) is 0 Å². The number of unbranched alkanes of at least 4 members (excludes halogenated alkanes) is 1. The highest BCUT2D eigenvalue weighted by Gasteiger charge is 2.30. The Hall–Kier alpha value is -2.30. The van der Waals surface area contributed by atoms with Crippen molar-refractivity contribution in [3.63, 3.8) is 0 Å². The minimum absolute atomic E-state index is 0.0113. The molecule has 140 valence electrons. The van der Waals surface area contributed by atoms with Gasteiger partial charge in [0.05, 0.1) is 0 Å². The minimum atomic E-state index is 0.0113. The molecule has 2 heterocycles. The lowest BCUT2D eigenvalue weighted by Gasteiger charge is -2.34. The highest BCUT2D eigenvalue weighted by Crippen LogP contribution is 2.26. The Bertz CT molecular complexity index is 726. The lowest BCUT2D eigenvalue weighted by molar-refractivity contribution is -0.126. The van der Waals surface area contributed by atoms with Crippen molar-refractivity contribution in [2.24, 2.45) is 11.8 Å². The fourth-order valence-electron chi connectivity index (χ4n) is 3.72. The smallest absolute Gasteiger partial charge is 0.270 e. The van der Waals surface area contributed by atoms with Gasteiger partial charge in [0, 0.05) is 36.5 Å². The Balaban J connectivity index is 1.54. The van der Waals surface area contributed by atoms with Crippen LogP contribution in [0, 0.1) is 11.8 Å². The molecular formula is C21H29N3O2. The van der Waals surface area contributed by atoms with E-state index >= 15 is 0 Å². The molecule has 1 fully saturated rings. The molecule has 26 heavy (non-hydrogen) atoms. The summed E-state index contributed by atoms with van der Waals surface area (Å²) in [6.45, 7) is 6.32. The number of carbonyl (C=O) groups is 2. The molecule has 0 saturated carbocycles. The van der Waals surface area contributed by atoms with Gasteiger partial charge >= 0.3 is 0 Å². The largest absolute Gasteiger partial charge is 0.356 e. The van der Waals surface area contributed by atoms with Crippen LogP contribution in [0.25, 0.3) is 10.9 Å². The maximum absolute atomic E-state index is 12.8. The second kappa shape index (κ2) is 8.39. The lowest BCUT2D eigenvalue weighted by atomic mass is 9.84. The van der Waals surface area contributed by atoms with Crippen molar-refractivity contribution in [3.05, 3.63) is 36.0 Å². The van der Waals surface area contributed by atoms with E-state index in [4.69, 9.17) is 0 Å². The summed E-state index contributed by atoms with van der Waals surface area (Å²) >= 11 is 0. The first-order chi connectivity index (χ1) is 12.6. The summed E-state index contributed by atoms with van der Waals surface area (Å²) in [7, 11) is 0. The molecule has 0 spiro atoms. The summed E-state index contributed by atoms with van der Waals surface area (Å²) in [5, 5.41) is 4.09. The number of nitrogens with one attached hydrogen (secondary N) is 2. The second-order valence-corrected chi connectivity index (χ2v) is 7.33. The average Bonchev–Trinajstić information content (AvgIpc) is 3.11. The number of aromatic nitrogens is 1. The number of piperidine rings is 1. The monoisotopic (exact) mass is 355 g/mol. The molecule has 3 rings (SSSR count). The Labute approximate surface area is 155 Å². The van der Waals surface area contributed by atoms with Gasteiger partial charge in [-0.2, -0.15) is 0 Å². The van der Waals surface area contributed by atoms with Gasteiger partial charge in [-0.25, -0.2) is 0 Å². The van der Waals surface area contributed by atoms with E-state index in [2.05, 4.69) is 17.2 Å². The van der Waals surface area contributed by atoms with Gasteiger partial charge in [0.1, 0.15) is 5.69 Å². The molecule has 1 aromatic heterocycles. The van der Waals surface area contributed by atoms with Crippen LogP contribution < -0.4 is 5.32 Å². The number of para-hydroxylation sites is 1. The molecule has 1 aliphatic heterocycles. The third-order valence-corrected chi connectivity index (χ3v) is 5.54. The van der Waals surface area contributed by atoms with E-state index in [9.17, 15) is 9.59 Å². The fourth-order valence-corrected chi connectivity index (χ4v) is 3.72. The molecule has 2 aromatic rings. The zero-order valence-electron chi connectivity index (χ0n) is 15.8. The molecule has 1 saturated heterocycles. The number of hydrogen-bond donors (Lipinski definition) is 2. The lowest BCUT2D eigenvalue weighted by Crippen LogP contribution is -2.42. The normalized spacial score (nSPS) is 16.6. The van der Waals surface area contributed by atoms with Crippen LogP contribution in [-0.4, -0.2) is 41.3 Å². The number of H-pyrrole nitrogens is 1. The van der Waals surface area contributed by atoms with Crippen molar-refractivity contribution >= 4 is 22.7 Å². The molecule has 0 radical (unpaired) electrons. The number of aromatic amines is 1. The third kappa shape index (κ3) is 4.09. The molecule has 0 unspecified atom stereocenters. The van der Waals surface area contributed by atoms with Gasteiger partial charge in [-0.1, -0.05) is 38.5 Å². The van der Waals surface area contributed by atoms with Gasteiger partial charge in [0.15, 0.2) is 0 Å². The van der Waals surface area contributed by atoms with Gasteiger partial charge in [-0.15, -0.1) is 0 Å². The number of carbonyl (C=O) groups excluding carboxylic acids is 2. The van der Waals surface area contributed by atoms with E-state index in [0.717, 1.165) is 43.1 Å². The number of hydrogen-bond acceptors (Lipinski definition) is 2. The number of rotatable bonds is 6. The zero-order valence-corrected chi connectivity index (χ0v) is 15.8. The summed E-state index contributed by atoms with van der Waals surface area (Å²) in [4.78, 5) is 30.2. The summed E-state index contributed by atoms with van der Waals surface area (Å²) < 4.78 is 0. The number of fused-ring (bicyclic) bond motifs is 1. The van der Waals surface area contributed by atoms with Crippen LogP contribution in [0.3, 0.4) is 0 Å². The number of benzene rings is 1. The van der Waals surface area contributed by atoms with E-state index in [0.29, 0.717) is 24.7 Å². The molecule has 1 aliphatic rings. The molecule has 2 amide bonds. The fraction of sp³-hybridized carbons (Fsp3) is 0.524. The summed E-state index contributed by atoms with van der Waals surface area (Å²) in [5.41, 5.74) is 1.64. The molecule has 1 atom stereocenters. The van der Waals surface area contributed by atoms with Crippen molar-refractivity contribution in [1.29, 1.82) is 0 Å². The molecule has 2 N–H and O–H groups in total.